The highest BCUT2D eigenvalue weighted by atomic mass is 32.1. The van der Waals surface area contributed by atoms with Crippen LogP contribution in [0, 0.1) is 0 Å². The number of nitrogens with one attached hydrogen (secondary N) is 1. The maximum Gasteiger partial charge on any atom is 0.274 e. The molecule has 0 aliphatic heterocycles. The largest absolute Gasteiger partial charge is 0.483 e. The van der Waals surface area contributed by atoms with E-state index in [1.807, 2.05) is 60.7 Å². The van der Waals surface area contributed by atoms with Gasteiger partial charge in [0.15, 0.2) is 17.7 Å². The number of ether oxygens (including phenoxy) is 1. The lowest BCUT2D eigenvalue weighted by atomic mass is 10.1. The molecule has 0 saturated carbocycles. The van der Waals surface area contributed by atoms with Crippen molar-refractivity contribution in [2.45, 2.75) is 19.4 Å². The third-order valence-corrected chi connectivity index (χ3v) is 5.29. The van der Waals surface area contributed by atoms with Crippen LogP contribution in [0.15, 0.2) is 71.7 Å². The fourth-order valence-electron chi connectivity index (χ4n) is 3.38. The molecule has 0 spiro atoms. The van der Waals surface area contributed by atoms with Gasteiger partial charge < -0.3 is 18.8 Å². The van der Waals surface area contributed by atoms with E-state index in [1.54, 1.807) is 4.90 Å². The van der Waals surface area contributed by atoms with Crippen LogP contribution in [0.1, 0.15) is 38.4 Å². The molecule has 0 aliphatic carbocycles. The number of H-pyrrole nitrogens is 1. The predicted molar refractivity (Wildman–Crippen MR) is 129 cm³/mol. The van der Waals surface area contributed by atoms with Gasteiger partial charge in [0.05, 0.1) is 12.2 Å². The Hall–Kier alpha value is -3.36. The number of hydrogen-bond acceptors (Lipinski definition) is 6. The molecule has 7 nitrogen and oxygen atoms in total. The van der Waals surface area contributed by atoms with Gasteiger partial charge in [0.2, 0.25) is 5.43 Å². The summed E-state index contributed by atoms with van der Waals surface area (Å²) in [4.78, 5) is 41.8. The average molecular weight is 467 g/mol. The number of benzene rings is 2. The number of aromatic amines is 1. The van der Waals surface area contributed by atoms with Crippen molar-refractivity contribution in [3.63, 3.8) is 0 Å². The summed E-state index contributed by atoms with van der Waals surface area (Å²) < 4.78 is 10.6. The molecule has 172 valence electrons. The Kier molecular flexibility index (Phi) is 9.29. The van der Waals surface area contributed by atoms with Crippen LogP contribution in [0.4, 0.5) is 0 Å². The minimum atomic E-state index is -0.627. The summed E-state index contributed by atoms with van der Waals surface area (Å²) in [6, 6.07) is 19.2. The van der Waals surface area contributed by atoms with Crippen LogP contribution >= 0.6 is 12.9 Å². The molecule has 0 unspecified atom stereocenters. The number of carbonyl (C=O) groups is 2. The first kappa shape index (κ1) is 24.3. The Morgan fingerprint density at radius 1 is 1.00 bits per heavy atom. The number of amides is 1. The van der Waals surface area contributed by atoms with E-state index in [-0.39, 0.29) is 36.8 Å². The number of pyridine rings is 1. The standard InChI is InChI=1S/C25H26N2O5S/c28-17-21-16-26-22(24(23(21)29)31-18-20-10-5-2-6-11-20)25(30)27(14-15-32-33)13-7-12-19-8-3-1-4-9-19/h1-6,8-11,16-17,33H,7,12-15,18H2,(H,26,29). The molecule has 2 aromatic carbocycles. The van der Waals surface area contributed by atoms with E-state index < -0.39 is 11.3 Å². The summed E-state index contributed by atoms with van der Waals surface area (Å²) in [6.07, 6.45) is 3.19. The molecule has 0 radical (unpaired) electrons. The number of nitrogens with zero attached hydrogens (tertiary/aromatic N) is 1. The molecule has 3 aromatic rings. The van der Waals surface area contributed by atoms with Gasteiger partial charge in [-0.1, -0.05) is 60.7 Å². The Morgan fingerprint density at radius 2 is 1.67 bits per heavy atom. The highest BCUT2D eigenvalue weighted by molar-refractivity contribution is 7.75. The van der Waals surface area contributed by atoms with Gasteiger partial charge in [-0.05, 0) is 36.9 Å². The van der Waals surface area contributed by atoms with Crippen molar-refractivity contribution in [1.29, 1.82) is 0 Å². The van der Waals surface area contributed by atoms with Crippen molar-refractivity contribution < 1.29 is 18.5 Å². The molecule has 0 fully saturated rings. The van der Waals surface area contributed by atoms with Crippen molar-refractivity contribution >= 4 is 25.1 Å². The second-order valence-corrected chi connectivity index (χ2v) is 7.64. The molecule has 8 heteroatoms. The van der Waals surface area contributed by atoms with Crippen molar-refractivity contribution in [3.05, 3.63) is 99.5 Å². The lowest BCUT2D eigenvalue weighted by Gasteiger charge is -2.23. The summed E-state index contributed by atoms with van der Waals surface area (Å²) in [5.74, 6) is -0.584. The zero-order valence-corrected chi connectivity index (χ0v) is 19.0. The zero-order chi connectivity index (χ0) is 23.5. The number of aromatic nitrogens is 1. The van der Waals surface area contributed by atoms with Crippen molar-refractivity contribution in [1.82, 2.24) is 9.88 Å². The molecule has 0 atom stereocenters. The second kappa shape index (κ2) is 12.6. The minimum Gasteiger partial charge on any atom is -0.483 e. The molecule has 3 rings (SSSR count). The Balaban J connectivity index is 1.81. The summed E-state index contributed by atoms with van der Waals surface area (Å²) in [7, 11) is 0. The maximum absolute atomic E-state index is 13.4. The topological polar surface area (TPSA) is 88.7 Å². The van der Waals surface area contributed by atoms with Gasteiger partial charge in [0.1, 0.15) is 6.61 Å². The first-order valence-corrected chi connectivity index (χ1v) is 11.0. The van der Waals surface area contributed by atoms with Gasteiger partial charge in [-0.25, -0.2) is 0 Å². The Bertz CT molecular complexity index is 1100. The van der Waals surface area contributed by atoms with E-state index in [0.717, 1.165) is 18.4 Å². The molecule has 1 aromatic heterocycles. The van der Waals surface area contributed by atoms with E-state index in [0.29, 0.717) is 12.8 Å². The van der Waals surface area contributed by atoms with Crippen LogP contribution in [0.5, 0.6) is 5.75 Å². The quantitative estimate of drug-likeness (QED) is 0.241. The van der Waals surface area contributed by atoms with Gasteiger partial charge in [0, 0.05) is 19.3 Å². The van der Waals surface area contributed by atoms with E-state index in [2.05, 4.69) is 17.9 Å². The first-order valence-electron chi connectivity index (χ1n) is 10.6. The molecular weight excluding hydrogens is 440 g/mol. The van der Waals surface area contributed by atoms with E-state index >= 15 is 0 Å². The number of aryl methyl sites for hydroxylation is 1. The highest BCUT2D eigenvalue weighted by Gasteiger charge is 2.24. The molecule has 1 amide bonds. The lowest BCUT2D eigenvalue weighted by Crippen LogP contribution is -2.36. The normalized spacial score (nSPS) is 10.6. The monoisotopic (exact) mass is 466 g/mol. The first-order chi connectivity index (χ1) is 16.1. The summed E-state index contributed by atoms with van der Waals surface area (Å²) in [5.41, 5.74) is 1.27. The Morgan fingerprint density at radius 3 is 2.30 bits per heavy atom. The molecule has 33 heavy (non-hydrogen) atoms. The van der Waals surface area contributed by atoms with E-state index in [9.17, 15) is 14.4 Å². The molecule has 0 saturated heterocycles. The molecular formula is C25H26N2O5S. The summed E-state index contributed by atoms with van der Waals surface area (Å²) >= 11 is 3.78. The molecule has 1 heterocycles. The fourth-order valence-corrected chi connectivity index (χ4v) is 3.46. The fraction of sp³-hybridized carbons (Fsp3) is 0.240. The minimum absolute atomic E-state index is 0.000376. The van der Waals surface area contributed by atoms with Crippen LogP contribution in [-0.2, 0) is 17.2 Å². The van der Waals surface area contributed by atoms with Crippen LogP contribution in [-0.4, -0.2) is 41.8 Å². The third-order valence-electron chi connectivity index (χ3n) is 5.11. The van der Waals surface area contributed by atoms with Crippen molar-refractivity contribution in [2.75, 3.05) is 19.7 Å². The smallest absolute Gasteiger partial charge is 0.274 e. The van der Waals surface area contributed by atoms with Crippen LogP contribution in [0.3, 0.4) is 0 Å². The van der Waals surface area contributed by atoms with Gasteiger partial charge in [-0.15, -0.1) is 0 Å². The molecule has 0 bridgehead atoms. The zero-order valence-electron chi connectivity index (χ0n) is 18.1. The number of thiol groups is 1. The number of carbonyl (C=O) groups excluding carboxylic acids is 2. The average Bonchev–Trinajstić information content (AvgIpc) is 2.86. The summed E-state index contributed by atoms with van der Waals surface area (Å²) in [6.45, 7) is 1.03. The number of aldehydes is 1. The summed E-state index contributed by atoms with van der Waals surface area (Å²) in [5, 5.41) is 0. The molecule has 0 aliphatic rings. The van der Waals surface area contributed by atoms with Crippen molar-refractivity contribution in [2.24, 2.45) is 0 Å². The Labute approximate surface area is 198 Å². The van der Waals surface area contributed by atoms with E-state index in [4.69, 9.17) is 8.92 Å². The number of hydrogen-bond donors (Lipinski definition) is 2. The second-order valence-electron chi connectivity index (χ2n) is 7.38. The van der Waals surface area contributed by atoms with Gasteiger partial charge >= 0.3 is 0 Å². The SMILES string of the molecule is O=Cc1c[nH]c(C(=O)N(CCCc2ccccc2)CCOS)c(OCc2ccccc2)c1=O. The van der Waals surface area contributed by atoms with E-state index in [1.165, 1.54) is 11.8 Å². The van der Waals surface area contributed by atoms with Gasteiger partial charge in [-0.2, -0.15) is 0 Å². The van der Waals surface area contributed by atoms with Crippen LogP contribution in [0.25, 0.3) is 0 Å². The predicted octanol–water partition coefficient (Wildman–Crippen LogP) is 3.70. The number of rotatable bonds is 12. The third kappa shape index (κ3) is 6.81. The highest BCUT2D eigenvalue weighted by Crippen LogP contribution is 2.17. The van der Waals surface area contributed by atoms with Gasteiger partial charge in [-0.3, -0.25) is 14.4 Å². The van der Waals surface area contributed by atoms with Crippen molar-refractivity contribution in [3.8, 4) is 5.75 Å². The van der Waals surface area contributed by atoms with Crippen LogP contribution in [0.2, 0.25) is 0 Å². The van der Waals surface area contributed by atoms with Crippen LogP contribution < -0.4 is 10.2 Å². The maximum atomic E-state index is 13.4. The van der Waals surface area contributed by atoms with Gasteiger partial charge in [0.25, 0.3) is 5.91 Å². The lowest BCUT2D eigenvalue weighted by molar-refractivity contribution is 0.0722. The molecule has 1 N–H and O–H groups in total.